The quantitative estimate of drug-likeness (QED) is 0.556. The van der Waals surface area contributed by atoms with Crippen LogP contribution < -0.4 is 15.5 Å². The zero-order valence-electron chi connectivity index (χ0n) is 16.5. The number of amides is 2. The lowest BCUT2D eigenvalue weighted by atomic mass is 10.2. The van der Waals surface area contributed by atoms with Gasteiger partial charge in [0.25, 0.3) is 0 Å². The molecule has 8 heteroatoms. The third-order valence-corrected chi connectivity index (χ3v) is 4.01. The monoisotopic (exact) mass is 375 g/mol. The Bertz CT molecular complexity index is 670. The molecule has 148 valence electrons. The van der Waals surface area contributed by atoms with Crippen LogP contribution >= 0.6 is 0 Å². The van der Waals surface area contributed by atoms with E-state index in [1.165, 1.54) is 4.90 Å². The maximum absolute atomic E-state index is 11.8. The molecule has 8 nitrogen and oxygen atoms in total. The van der Waals surface area contributed by atoms with E-state index in [2.05, 4.69) is 29.5 Å². The SMILES string of the molecule is CC(C)CNC(=NCc1ccc(N2CCOC2=O)cc1)NCC(=O)N(C)C. The van der Waals surface area contributed by atoms with Crippen LogP contribution in [-0.4, -0.2) is 63.2 Å². The molecule has 2 N–H and O–H groups in total. The summed E-state index contributed by atoms with van der Waals surface area (Å²) < 4.78 is 4.96. The molecule has 0 radical (unpaired) electrons. The van der Waals surface area contributed by atoms with Crippen LogP contribution in [0.15, 0.2) is 29.3 Å². The molecule has 1 saturated heterocycles. The summed E-state index contributed by atoms with van der Waals surface area (Å²) in [6.45, 7) is 6.63. The first kappa shape index (κ1) is 20.5. The van der Waals surface area contributed by atoms with Crippen LogP contribution in [0.5, 0.6) is 0 Å². The van der Waals surface area contributed by atoms with Gasteiger partial charge in [0.2, 0.25) is 5.91 Å². The van der Waals surface area contributed by atoms with Crippen molar-refractivity contribution in [3.8, 4) is 0 Å². The lowest BCUT2D eigenvalue weighted by molar-refractivity contribution is -0.127. The maximum atomic E-state index is 11.8. The highest BCUT2D eigenvalue weighted by Crippen LogP contribution is 2.19. The summed E-state index contributed by atoms with van der Waals surface area (Å²) in [5.74, 6) is 1.04. The van der Waals surface area contributed by atoms with Crippen molar-refractivity contribution in [2.75, 3.05) is 45.2 Å². The summed E-state index contributed by atoms with van der Waals surface area (Å²) >= 11 is 0. The first-order valence-corrected chi connectivity index (χ1v) is 9.12. The van der Waals surface area contributed by atoms with Crippen LogP contribution in [0.1, 0.15) is 19.4 Å². The minimum absolute atomic E-state index is 0.0177. The molecule has 0 aromatic heterocycles. The van der Waals surface area contributed by atoms with Gasteiger partial charge in [0.05, 0.1) is 19.6 Å². The fraction of sp³-hybridized carbons (Fsp3) is 0.526. The molecule has 27 heavy (non-hydrogen) atoms. The number of aliphatic imine (C=N–C) groups is 1. The van der Waals surface area contributed by atoms with Crippen molar-refractivity contribution in [3.05, 3.63) is 29.8 Å². The summed E-state index contributed by atoms with van der Waals surface area (Å²) in [6.07, 6.45) is -0.310. The van der Waals surface area contributed by atoms with Crippen LogP contribution in [0.4, 0.5) is 10.5 Å². The number of cyclic esters (lactones) is 1. The number of nitrogens with zero attached hydrogens (tertiary/aromatic N) is 3. The van der Waals surface area contributed by atoms with Crippen molar-refractivity contribution in [1.29, 1.82) is 0 Å². The number of likely N-dealkylation sites (N-methyl/N-ethyl adjacent to an activating group) is 1. The van der Waals surface area contributed by atoms with Gasteiger partial charge in [-0.05, 0) is 23.6 Å². The molecule has 0 aliphatic carbocycles. The van der Waals surface area contributed by atoms with Crippen molar-refractivity contribution in [3.63, 3.8) is 0 Å². The van der Waals surface area contributed by atoms with E-state index in [0.717, 1.165) is 17.8 Å². The highest BCUT2D eigenvalue weighted by molar-refractivity contribution is 5.89. The molecule has 1 aromatic carbocycles. The van der Waals surface area contributed by atoms with Crippen LogP contribution in [0, 0.1) is 5.92 Å². The van der Waals surface area contributed by atoms with Gasteiger partial charge in [0, 0.05) is 26.3 Å². The lowest BCUT2D eigenvalue weighted by Crippen LogP contribution is -2.44. The number of anilines is 1. The fourth-order valence-electron chi connectivity index (χ4n) is 2.37. The number of hydrogen-bond acceptors (Lipinski definition) is 4. The third-order valence-electron chi connectivity index (χ3n) is 4.01. The smallest absolute Gasteiger partial charge is 0.414 e. The van der Waals surface area contributed by atoms with E-state index >= 15 is 0 Å². The number of guanidine groups is 1. The Morgan fingerprint density at radius 3 is 2.52 bits per heavy atom. The van der Waals surface area contributed by atoms with Gasteiger partial charge in [-0.1, -0.05) is 26.0 Å². The van der Waals surface area contributed by atoms with E-state index < -0.39 is 0 Å². The maximum Gasteiger partial charge on any atom is 0.414 e. The second-order valence-corrected chi connectivity index (χ2v) is 7.01. The summed E-state index contributed by atoms with van der Waals surface area (Å²) in [4.78, 5) is 31.1. The predicted octanol–water partition coefficient (Wildman–Crippen LogP) is 1.42. The molecule has 2 rings (SSSR count). The van der Waals surface area contributed by atoms with Gasteiger partial charge < -0.3 is 20.3 Å². The predicted molar refractivity (Wildman–Crippen MR) is 106 cm³/mol. The van der Waals surface area contributed by atoms with Gasteiger partial charge in [-0.2, -0.15) is 0 Å². The van der Waals surface area contributed by atoms with Crippen LogP contribution in [0.2, 0.25) is 0 Å². The van der Waals surface area contributed by atoms with Gasteiger partial charge in [-0.3, -0.25) is 9.69 Å². The molecule has 0 saturated carbocycles. The van der Waals surface area contributed by atoms with Crippen LogP contribution in [0.25, 0.3) is 0 Å². The second-order valence-electron chi connectivity index (χ2n) is 7.01. The summed E-state index contributed by atoms with van der Waals surface area (Å²) in [5, 5.41) is 6.31. The molecular weight excluding hydrogens is 346 g/mol. The Balaban J connectivity index is 1.98. The number of benzene rings is 1. The fourth-order valence-corrected chi connectivity index (χ4v) is 2.37. The van der Waals surface area contributed by atoms with E-state index in [9.17, 15) is 9.59 Å². The van der Waals surface area contributed by atoms with Gasteiger partial charge in [0.1, 0.15) is 6.61 Å². The Morgan fingerprint density at radius 2 is 1.96 bits per heavy atom. The largest absolute Gasteiger partial charge is 0.447 e. The number of ether oxygens (including phenoxy) is 1. The number of carbonyl (C=O) groups is 2. The number of carbonyl (C=O) groups excluding carboxylic acids is 2. The molecule has 0 atom stereocenters. The Hall–Kier alpha value is -2.77. The molecule has 1 aliphatic heterocycles. The molecule has 0 bridgehead atoms. The first-order chi connectivity index (χ1) is 12.9. The number of hydrogen-bond donors (Lipinski definition) is 2. The topological polar surface area (TPSA) is 86.3 Å². The van der Waals surface area contributed by atoms with Gasteiger partial charge in [-0.15, -0.1) is 0 Å². The van der Waals surface area contributed by atoms with Crippen molar-refractivity contribution >= 4 is 23.6 Å². The van der Waals surface area contributed by atoms with Crippen LogP contribution in [0.3, 0.4) is 0 Å². The molecule has 0 unspecified atom stereocenters. The van der Waals surface area contributed by atoms with Crippen molar-refractivity contribution in [1.82, 2.24) is 15.5 Å². The zero-order chi connectivity index (χ0) is 19.8. The molecule has 1 aromatic rings. The van der Waals surface area contributed by atoms with E-state index in [-0.39, 0.29) is 18.5 Å². The molecular formula is C19H29N5O3. The van der Waals surface area contributed by atoms with Crippen molar-refractivity contribution < 1.29 is 14.3 Å². The molecule has 0 spiro atoms. The van der Waals surface area contributed by atoms with Gasteiger partial charge >= 0.3 is 6.09 Å². The highest BCUT2D eigenvalue weighted by Gasteiger charge is 2.23. The molecule has 1 heterocycles. The number of nitrogens with one attached hydrogen (secondary N) is 2. The van der Waals surface area contributed by atoms with Gasteiger partial charge in [0.15, 0.2) is 5.96 Å². The average molecular weight is 375 g/mol. The van der Waals surface area contributed by atoms with Crippen LogP contribution in [-0.2, 0) is 16.1 Å². The number of rotatable bonds is 7. The second kappa shape index (κ2) is 9.80. The Labute approximate surface area is 160 Å². The molecule has 1 aliphatic rings. The lowest BCUT2D eigenvalue weighted by Gasteiger charge is -2.16. The Kier molecular flexibility index (Phi) is 7.45. The van der Waals surface area contributed by atoms with E-state index in [1.54, 1.807) is 19.0 Å². The first-order valence-electron chi connectivity index (χ1n) is 9.12. The Morgan fingerprint density at radius 1 is 1.26 bits per heavy atom. The van der Waals surface area contributed by atoms with E-state index in [0.29, 0.717) is 31.6 Å². The van der Waals surface area contributed by atoms with Crippen molar-refractivity contribution in [2.24, 2.45) is 10.9 Å². The average Bonchev–Trinajstić information content (AvgIpc) is 3.07. The van der Waals surface area contributed by atoms with Gasteiger partial charge in [-0.25, -0.2) is 9.79 Å². The van der Waals surface area contributed by atoms with E-state index in [1.807, 2.05) is 24.3 Å². The van der Waals surface area contributed by atoms with Crippen molar-refractivity contribution in [2.45, 2.75) is 20.4 Å². The summed E-state index contributed by atoms with van der Waals surface area (Å²) in [5.41, 5.74) is 1.83. The standard InChI is InChI=1S/C19H29N5O3/c1-14(2)11-20-18(22-13-17(25)23(3)4)21-12-15-5-7-16(8-6-15)24-9-10-27-19(24)26/h5-8,14H,9-13H2,1-4H3,(H2,20,21,22). The highest BCUT2D eigenvalue weighted by atomic mass is 16.6. The zero-order valence-corrected chi connectivity index (χ0v) is 16.5. The summed E-state index contributed by atoms with van der Waals surface area (Å²) in [6, 6.07) is 7.66. The third kappa shape index (κ3) is 6.47. The normalized spacial score (nSPS) is 14.3. The van der Waals surface area contributed by atoms with E-state index in [4.69, 9.17) is 4.74 Å². The minimum Gasteiger partial charge on any atom is -0.447 e. The molecule has 2 amide bonds. The molecule has 1 fully saturated rings. The minimum atomic E-state index is -0.310. The summed E-state index contributed by atoms with van der Waals surface area (Å²) in [7, 11) is 3.44.